The highest BCUT2D eigenvalue weighted by Crippen LogP contribution is 2.35. The first-order chi connectivity index (χ1) is 15.8. The van der Waals surface area contributed by atoms with Crippen LogP contribution in [0.4, 0.5) is 10.8 Å². The maximum Gasteiger partial charge on any atom is 0.270 e. The lowest BCUT2D eigenvalue weighted by molar-refractivity contribution is -0.384. The minimum absolute atomic E-state index is 0. The Hall–Kier alpha value is -2.59. The van der Waals surface area contributed by atoms with Gasteiger partial charge in [0, 0.05) is 35.3 Å². The van der Waals surface area contributed by atoms with Gasteiger partial charge in [-0.3, -0.25) is 19.8 Å². The summed E-state index contributed by atoms with van der Waals surface area (Å²) in [5.41, 5.74) is 3.22. The maximum atomic E-state index is 13.7. The molecule has 0 radical (unpaired) electrons. The van der Waals surface area contributed by atoms with Crippen molar-refractivity contribution in [3.8, 4) is 0 Å². The first kappa shape index (κ1) is 26.0. The second-order valence-corrected chi connectivity index (χ2v) is 10.1. The van der Waals surface area contributed by atoms with Gasteiger partial charge < -0.3 is 4.90 Å². The molecule has 0 aliphatic carbocycles. The van der Waals surface area contributed by atoms with Crippen LogP contribution in [-0.4, -0.2) is 46.9 Å². The summed E-state index contributed by atoms with van der Waals surface area (Å²) >= 11 is 2.89. The fourth-order valence-electron chi connectivity index (χ4n) is 3.93. The lowest BCUT2D eigenvalue weighted by Gasteiger charge is -2.24. The normalized spacial score (nSPS) is 11.2. The van der Waals surface area contributed by atoms with Crippen molar-refractivity contribution in [1.29, 1.82) is 0 Å². The molecule has 2 aromatic heterocycles. The molecular weight excluding hydrogens is 492 g/mol. The molecule has 0 bridgehead atoms. The minimum atomic E-state index is -0.416. The van der Waals surface area contributed by atoms with Crippen molar-refractivity contribution in [3.63, 3.8) is 0 Å². The predicted octanol–water partition coefficient (Wildman–Crippen LogP) is 6.45. The molecule has 0 N–H and O–H groups in total. The quantitative estimate of drug-likeness (QED) is 0.198. The number of carbonyl (C=O) groups is 1. The standard InChI is InChI=1S/C24H26N4O3S2.ClH/c1-5-26(6-2)9-10-27(24-25-19-12-15(3)11-16(4)22(19)33-24)23(29)21-14-17-13-18(28(30)31)7-8-20(17)32-21;/h7-8,11-14H,5-6,9-10H2,1-4H3;1H. The molecule has 0 fully saturated rings. The minimum Gasteiger partial charge on any atom is -0.302 e. The van der Waals surface area contributed by atoms with Crippen LogP contribution < -0.4 is 4.90 Å². The Bertz CT molecular complexity index is 1350. The molecule has 1 amide bonds. The van der Waals surface area contributed by atoms with Crippen LogP contribution in [0, 0.1) is 24.0 Å². The van der Waals surface area contributed by atoms with E-state index in [2.05, 4.69) is 31.7 Å². The third-order valence-corrected chi connectivity index (χ3v) is 8.07. The Kier molecular flexibility index (Phi) is 8.25. The van der Waals surface area contributed by atoms with Gasteiger partial charge in [-0.15, -0.1) is 23.7 Å². The maximum absolute atomic E-state index is 13.7. The van der Waals surface area contributed by atoms with Crippen LogP contribution >= 0.6 is 35.1 Å². The molecule has 0 saturated heterocycles. The number of non-ortho nitro benzene ring substituents is 1. The molecule has 0 atom stereocenters. The van der Waals surface area contributed by atoms with E-state index in [1.807, 2.05) is 13.0 Å². The second-order valence-electron chi connectivity index (χ2n) is 8.00. The number of anilines is 1. The zero-order valence-corrected chi connectivity index (χ0v) is 22.0. The van der Waals surface area contributed by atoms with Gasteiger partial charge in [0.15, 0.2) is 5.13 Å². The summed E-state index contributed by atoms with van der Waals surface area (Å²) in [6.45, 7) is 11.4. The largest absolute Gasteiger partial charge is 0.302 e. The highest BCUT2D eigenvalue weighted by atomic mass is 35.5. The second kappa shape index (κ2) is 10.8. The SMILES string of the molecule is CCN(CC)CCN(C(=O)c1cc2cc([N+](=O)[O-])ccc2s1)c1nc2cc(C)cc(C)c2s1.Cl. The fraction of sp³-hybridized carbons (Fsp3) is 0.333. The van der Waals surface area contributed by atoms with E-state index in [0.29, 0.717) is 21.9 Å². The zero-order chi connectivity index (χ0) is 23.7. The van der Waals surface area contributed by atoms with Crippen LogP contribution in [0.3, 0.4) is 0 Å². The number of likely N-dealkylation sites (N-methyl/N-ethyl adjacent to an activating group) is 1. The van der Waals surface area contributed by atoms with Crippen molar-refractivity contribution >= 4 is 72.1 Å². The van der Waals surface area contributed by atoms with Gasteiger partial charge in [0.25, 0.3) is 11.6 Å². The molecule has 2 heterocycles. The monoisotopic (exact) mass is 518 g/mol. The Morgan fingerprint density at radius 3 is 2.47 bits per heavy atom. The lowest BCUT2D eigenvalue weighted by Crippen LogP contribution is -2.38. The Morgan fingerprint density at radius 2 is 1.79 bits per heavy atom. The van der Waals surface area contributed by atoms with E-state index in [4.69, 9.17) is 4.98 Å². The number of aryl methyl sites for hydroxylation is 2. The first-order valence-corrected chi connectivity index (χ1v) is 12.5. The summed E-state index contributed by atoms with van der Waals surface area (Å²) < 4.78 is 1.94. The number of aromatic nitrogens is 1. The average Bonchev–Trinajstić information content (AvgIpc) is 3.40. The van der Waals surface area contributed by atoms with Crippen molar-refractivity contribution in [2.75, 3.05) is 31.1 Å². The summed E-state index contributed by atoms with van der Waals surface area (Å²) in [5, 5.41) is 12.5. The highest BCUT2D eigenvalue weighted by molar-refractivity contribution is 7.23. The number of nitro groups is 1. The summed E-state index contributed by atoms with van der Waals surface area (Å²) in [4.78, 5) is 33.8. The molecule has 0 aliphatic rings. The van der Waals surface area contributed by atoms with Crippen molar-refractivity contribution in [1.82, 2.24) is 9.88 Å². The van der Waals surface area contributed by atoms with E-state index in [0.717, 1.165) is 45.7 Å². The Balaban J connectivity index is 0.00000324. The van der Waals surface area contributed by atoms with Gasteiger partial charge in [-0.1, -0.05) is 31.3 Å². The van der Waals surface area contributed by atoms with Gasteiger partial charge in [-0.2, -0.15) is 0 Å². The number of rotatable bonds is 8. The number of benzene rings is 2. The van der Waals surface area contributed by atoms with E-state index in [9.17, 15) is 14.9 Å². The van der Waals surface area contributed by atoms with Gasteiger partial charge >= 0.3 is 0 Å². The topological polar surface area (TPSA) is 79.6 Å². The van der Waals surface area contributed by atoms with Gasteiger partial charge in [-0.05, 0) is 56.3 Å². The molecule has 34 heavy (non-hydrogen) atoms. The van der Waals surface area contributed by atoms with E-state index >= 15 is 0 Å². The third-order valence-electron chi connectivity index (χ3n) is 5.74. The zero-order valence-electron chi connectivity index (χ0n) is 19.5. The molecule has 180 valence electrons. The van der Waals surface area contributed by atoms with E-state index in [1.54, 1.807) is 17.0 Å². The molecule has 4 aromatic rings. The molecule has 10 heteroatoms. The molecule has 2 aromatic carbocycles. The van der Waals surface area contributed by atoms with Crippen molar-refractivity contribution in [2.24, 2.45) is 0 Å². The number of thiophene rings is 1. The summed E-state index contributed by atoms with van der Waals surface area (Å²) in [7, 11) is 0. The van der Waals surface area contributed by atoms with E-state index in [1.165, 1.54) is 34.8 Å². The number of amides is 1. The molecule has 0 spiro atoms. The molecule has 7 nitrogen and oxygen atoms in total. The number of nitro benzene ring substituents is 1. The van der Waals surface area contributed by atoms with Crippen LogP contribution in [0.2, 0.25) is 0 Å². The third kappa shape index (κ3) is 5.22. The Labute approximate surface area is 212 Å². The number of hydrogen-bond acceptors (Lipinski definition) is 7. The number of nitrogens with zero attached hydrogens (tertiary/aromatic N) is 4. The predicted molar refractivity (Wildman–Crippen MR) is 144 cm³/mol. The summed E-state index contributed by atoms with van der Waals surface area (Å²) in [6, 6.07) is 10.6. The summed E-state index contributed by atoms with van der Waals surface area (Å²) in [6.07, 6.45) is 0. The van der Waals surface area contributed by atoms with Crippen LogP contribution in [0.5, 0.6) is 0 Å². The van der Waals surface area contributed by atoms with Crippen LogP contribution in [0.15, 0.2) is 36.4 Å². The number of halogens is 1. The van der Waals surface area contributed by atoms with Gasteiger partial charge in [0.2, 0.25) is 0 Å². The van der Waals surface area contributed by atoms with Crippen molar-refractivity contribution in [2.45, 2.75) is 27.7 Å². The highest BCUT2D eigenvalue weighted by Gasteiger charge is 2.24. The van der Waals surface area contributed by atoms with Crippen molar-refractivity contribution in [3.05, 3.63) is 62.5 Å². The molecule has 0 unspecified atom stereocenters. The number of fused-ring (bicyclic) bond motifs is 2. The first-order valence-electron chi connectivity index (χ1n) is 10.9. The van der Waals surface area contributed by atoms with Gasteiger partial charge in [-0.25, -0.2) is 4.98 Å². The van der Waals surface area contributed by atoms with Crippen LogP contribution in [-0.2, 0) is 0 Å². The molecule has 4 rings (SSSR count). The average molecular weight is 519 g/mol. The summed E-state index contributed by atoms with van der Waals surface area (Å²) in [5.74, 6) is -0.126. The number of carbonyl (C=O) groups excluding carboxylic acids is 1. The lowest BCUT2D eigenvalue weighted by atomic mass is 10.1. The van der Waals surface area contributed by atoms with Gasteiger partial charge in [0.1, 0.15) is 0 Å². The molecule has 0 saturated carbocycles. The van der Waals surface area contributed by atoms with Crippen LogP contribution in [0.25, 0.3) is 20.3 Å². The van der Waals surface area contributed by atoms with Crippen LogP contribution in [0.1, 0.15) is 34.6 Å². The van der Waals surface area contributed by atoms with Gasteiger partial charge in [0.05, 0.1) is 20.0 Å². The molecular formula is C24H27ClN4O3S2. The molecule has 0 aliphatic heterocycles. The van der Waals surface area contributed by atoms with E-state index < -0.39 is 4.92 Å². The van der Waals surface area contributed by atoms with Crippen molar-refractivity contribution < 1.29 is 9.72 Å². The number of thiazole rings is 1. The smallest absolute Gasteiger partial charge is 0.270 e. The number of hydrogen-bond donors (Lipinski definition) is 0. The Morgan fingerprint density at radius 1 is 1.06 bits per heavy atom. The van der Waals surface area contributed by atoms with E-state index in [-0.39, 0.29) is 24.0 Å². The fourth-order valence-corrected chi connectivity index (χ4v) is 5.96.